The first-order chi connectivity index (χ1) is 37.3. The lowest BCUT2D eigenvalue weighted by Gasteiger charge is -2.31. The summed E-state index contributed by atoms with van der Waals surface area (Å²) in [5.74, 6) is -6.00. The van der Waals surface area contributed by atoms with Crippen molar-refractivity contribution in [2.24, 2.45) is 0 Å². The van der Waals surface area contributed by atoms with E-state index in [-0.39, 0.29) is 58.1 Å². The first-order valence-corrected chi connectivity index (χ1v) is 26.6. The summed E-state index contributed by atoms with van der Waals surface area (Å²) in [6, 6.07) is 16.6. The van der Waals surface area contributed by atoms with Crippen LogP contribution in [0.4, 0.5) is 9.59 Å². The van der Waals surface area contributed by atoms with Crippen molar-refractivity contribution in [2.75, 3.05) is 26.3 Å². The molecule has 78 heavy (non-hydrogen) atoms. The summed E-state index contributed by atoms with van der Waals surface area (Å²) in [6.07, 6.45) is -2.08. The fourth-order valence-electron chi connectivity index (χ4n) is 9.68. The summed E-state index contributed by atoms with van der Waals surface area (Å²) in [6.45, 7) is 10.3. The van der Waals surface area contributed by atoms with E-state index in [0.717, 1.165) is 46.4 Å². The maximum atomic E-state index is 14.7. The average Bonchev–Trinajstić information content (AvgIpc) is 4.01. The van der Waals surface area contributed by atoms with Crippen molar-refractivity contribution >= 4 is 47.8 Å². The van der Waals surface area contributed by atoms with Gasteiger partial charge in [0.05, 0.1) is 18.8 Å². The molecule has 21 nitrogen and oxygen atoms in total. The number of amides is 6. The van der Waals surface area contributed by atoms with Crippen LogP contribution in [0.25, 0.3) is 11.1 Å². The second-order valence-electron chi connectivity index (χ2n) is 20.7. The molecule has 0 spiro atoms. The molecular weight excluding hydrogens is 1010 g/mol. The molecule has 21 heteroatoms. The van der Waals surface area contributed by atoms with Crippen LogP contribution in [0.1, 0.15) is 109 Å². The van der Waals surface area contributed by atoms with E-state index in [4.69, 9.17) is 23.7 Å². The van der Waals surface area contributed by atoms with Gasteiger partial charge in [-0.15, -0.1) is 0 Å². The Bertz CT molecular complexity index is 2540. The molecule has 0 bridgehead atoms. The van der Waals surface area contributed by atoms with Crippen LogP contribution in [0, 0.1) is 0 Å². The molecule has 3 aromatic carbocycles. The number of hydrogen-bond donors (Lipinski definition) is 7. The fourth-order valence-corrected chi connectivity index (χ4v) is 9.68. The van der Waals surface area contributed by atoms with Crippen LogP contribution < -0.4 is 26.6 Å². The van der Waals surface area contributed by atoms with Crippen molar-refractivity contribution in [3.05, 3.63) is 108 Å². The molecular formula is C57H74N6O15. The zero-order chi connectivity index (χ0) is 56.5. The molecule has 1 saturated carbocycles. The molecule has 3 aliphatic rings. The second kappa shape index (κ2) is 28.3. The molecule has 3 aromatic rings. The number of aliphatic hydroxyl groups is 2. The summed E-state index contributed by atoms with van der Waals surface area (Å²) in [5.41, 5.74) is 3.84. The van der Waals surface area contributed by atoms with Gasteiger partial charge in [-0.2, -0.15) is 0 Å². The largest absolute Gasteiger partial charge is 0.460 e. The van der Waals surface area contributed by atoms with Gasteiger partial charge in [0.2, 0.25) is 23.6 Å². The molecule has 8 atom stereocenters. The molecule has 7 N–H and O–H groups in total. The molecule has 1 aliphatic heterocycles. The van der Waals surface area contributed by atoms with Crippen LogP contribution in [0.5, 0.6) is 0 Å². The van der Waals surface area contributed by atoms with E-state index in [1.807, 2.05) is 48.5 Å². The van der Waals surface area contributed by atoms with E-state index >= 15 is 0 Å². The molecule has 1 heterocycles. The van der Waals surface area contributed by atoms with Gasteiger partial charge in [0.15, 0.2) is 12.1 Å². The zero-order valence-corrected chi connectivity index (χ0v) is 44.9. The molecule has 0 unspecified atom stereocenters. The van der Waals surface area contributed by atoms with Gasteiger partial charge in [-0.3, -0.25) is 19.2 Å². The van der Waals surface area contributed by atoms with Gasteiger partial charge >= 0.3 is 24.1 Å². The number of hydrogen-bond acceptors (Lipinski definition) is 15. The van der Waals surface area contributed by atoms with Crippen LogP contribution in [0.3, 0.4) is 0 Å². The minimum atomic E-state index is -1.84. The van der Waals surface area contributed by atoms with Crippen LogP contribution in [0.15, 0.2) is 91.5 Å². The van der Waals surface area contributed by atoms with Crippen molar-refractivity contribution in [1.29, 1.82) is 0 Å². The molecule has 6 amide bonds. The van der Waals surface area contributed by atoms with E-state index in [0.29, 0.717) is 18.4 Å². The normalized spacial score (nSPS) is 18.5. The smallest absolute Gasteiger partial charge is 0.408 e. The van der Waals surface area contributed by atoms with Crippen molar-refractivity contribution in [1.82, 2.24) is 31.5 Å². The predicted molar refractivity (Wildman–Crippen MR) is 284 cm³/mol. The highest BCUT2D eigenvalue weighted by Crippen LogP contribution is 2.44. The quantitative estimate of drug-likeness (QED) is 0.0286. The molecule has 0 aromatic heterocycles. The predicted octanol–water partition coefficient (Wildman–Crippen LogP) is 4.21. The Labute approximate surface area is 454 Å². The first-order valence-electron chi connectivity index (χ1n) is 26.6. The SMILES string of the molecule is C=CCOC(=O)[C@H](NC(=O)[C@H](CCCNC(=O)OCC1c2ccccc2-c2ccccc21)NC(=O)[C@@H]1[C@@H](O)CCN1C(=O)[C@@H](C)NC(=O)[C@H](NC(=O)OC(C)(C)C)[C@@H](C)O)[C@@H](OCc1ccccc1)C(=O)OC1CCCCC1. The number of nitrogens with one attached hydrogen (secondary N) is 5. The lowest BCUT2D eigenvalue weighted by atomic mass is 9.97. The summed E-state index contributed by atoms with van der Waals surface area (Å²) in [5, 5.41) is 34.3. The maximum absolute atomic E-state index is 14.7. The van der Waals surface area contributed by atoms with Gasteiger partial charge in [-0.05, 0) is 107 Å². The molecule has 2 aliphatic carbocycles. The lowest BCUT2D eigenvalue weighted by Crippen LogP contribution is -2.61. The van der Waals surface area contributed by atoms with Gasteiger partial charge in [0, 0.05) is 19.0 Å². The second-order valence-corrected chi connectivity index (χ2v) is 20.7. The Kier molecular flexibility index (Phi) is 21.7. The maximum Gasteiger partial charge on any atom is 0.408 e. The third-order valence-electron chi connectivity index (χ3n) is 13.5. The highest BCUT2D eigenvalue weighted by molar-refractivity contribution is 5.97. The van der Waals surface area contributed by atoms with E-state index in [9.17, 15) is 48.6 Å². The van der Waals surface area contributed by atoms with Gasteiger partial charge in [-0.25, -0.2) is 19.2 Å². The zero-order valence-electron chi connectivity index (χ0n) is 44.9. The number of nitrogens with zero attached hydrogens (tertiary/aromatic N) is 1. The van der Waals surface area contributed by atoms with Gasteiger partial charge < -0.3 is 65.4 Å². The number of carbonyl (C=O) groups is 8. The van der Waals surface area contributed by atoms with Crippen LogP contribution in [0.2, 0.25) is 0 Å². The number of esters is 2. The Morgan fingerprint density at radius 1 is 0.756 bits per heavy atom. The summed E-state index contributed by atoms with van der Waals surface area (Å²) in [7, 11) is 0. The Balaban J connectivity index is 1.20. The van der Waals surface area contributed by atoms with Crippen molar-refractivity contribution in [3.63, 3.8) is 0 Å². The van der Waals surface area contributed by atoms with E-state index in [2.05, 4.69) is 33.2 Å². The number of carbonyl (C=O) groups excluding carboxylic acids is 8. The number of alkyl carbamates (subject to hydrolysis) is 2. The molecule has 422 valence electrons. The monoisotopic (exact) mass is 1080 g/mol. The lowest BCUT2D eigenvalue weighted by molar-refractivity contribution is -0.173. The number of ether oxygens (including phenoxy) is 5. The van der Waals surface area contributed by atoms with Crippen LogP contribution >= 0.6 is 0 Å². The van der Waals surface area contributed by atoms with Gasteiger partial charge in [0.1, 0.15) is 49.1 Å². The first kappa shape index (κ1) is 59.9. The Morgan fingerprint density at radius 2 is 1.40 bits per heavy atom. The number of rotatable bonds is 24. The number of benzene rings is 3. The van der Waals surface area contributed by atoms with E-state index < -0.39 is 108 Å². The number of aliphatic hydroxyl groups excluding tert-OH is 2. The topological polar surface area (TPSA) is 287 Å². The fraction of sp³-hybridized carbons (Fsp3) is 0.509. The van der Waals surface area contributed by atoms with Crippen LogP contribution in [-0.4, -0.2) is 149 Å². The highest BCUT2D eigenvalue weighted by Gasteiger charge is 2.45. The Hall–Kier alpha value is -7.36. The highest BCUT2D eigenvalue weighted by atomic mass is 16.6. The standard InChI is InChI=1S/C57H74N6O15/c1-7-31-74-53(70)46(48(75-32-36-19-10-8-11-20-36)54(71)77-37-21-12-9-13-22-37)61-49(66)43(27-18-29-58-55(72)76-33-42-40-25-16-14-23-38(40)39-24-15-17-26-41(39)42)60-51(68)47-44(65)28-30-63(47)52(69)34(2)59-50(67)45(35(3)64)62-56(73)78-57(4,5)6/h7-8,10-11,14-17,19-20,23-26,34-35,37,42-48,64-65H,1,9,12-13,18,21-22,27-33H2,2-6H3,(H,58,72)(H,59,67)(H,60,68)(H,61,66)(H,62,73)/t34-,35-,43+,44+,45-,46-,47+,48-/m1/s1. The number of fused-ring (bicyclic) bond motifs is 3. The summed E-state index contributed by atoms with van der Waals surface area (Å²) < 4.78 is 28.3. The van der Waals surface area contributed by atoms with Crippen molar-refractivity contribution < 1.29 is 72.3 Å². The number of likely N-dealkylation sites (tertiary alicyclic amines) is 1. The minimum absolute atomic E-state index is 0.0203. The van der Waals surface area contributed by atoms with Gasteiger partial charge in [-0.1, -0.05) is 97.9 Å². The Morgan fingerprint density at radius 3 is 2.03 bits per heavy atom. The molecule has 6 rings (SSSR count). The van der Waals surface area contributed by atoms with Gasteiger partial charge in [0.25, 0.3) is 0 Å². The third-order valence-corrected chi connectivity index (χ3v) is 13.5. The summed E-state index contributed by atoms with van der Waals surface area (Å²) >= 11 is 0. The van der Waals surface area contributed by atoms with Crippen LogP contribution in [-0.2, 0) is 59.1 Å². The third kappa shape index (κ3) is 16.6. The van der Waals surface area contributed by atoms with Crippen molar-refractivity contribution in [3.8, 4) is 11.1 Å². The average molecular weight is 1080 g/mol. The molecule has 0 radical (unpaired) electrons. The van der Waals surface area contributed by atoms with E-state index in [1.165, 1.54) is 19.9 Å². The molecule has 2 fully saturated rings. The minimum Gasteiger partial charge on any atom is -0.460 e. The van der Waals surface area contributed by atoms with Crippen molar-refractivity contribution in [2.45, 2.75) is 159 Å². The summed E-state index contributed by atoms with van der Waals surface area (Å²) in [4.78, 5) is 111. The molecule has 1 saturated heterocycles. The van der Waals surface area contributed by atoms with E-state index in [1.54, 1.807) is 51.1 Å².